The summed E-state index contributed by atoms with van der Waals surface area (Å²) in [6.07, 6.45) is 5.75. The van der Waals surface area contributed by atoms with Crippen LogP contribution in [0.3, 0.4) is 0 Å². The van der Waals surface area contributed by atoms with Gasteiger partial charge in [0.1, 0.15) is 0 Å². The molecule has 1 N–H and O–H groups in total. The number of aliphatic hydroxyl groups is 1. The Morgan fingerprint density at radius 1 is 1.40 bits per heavy atom. The number of hydrogen-bond acceptors (Lipinski definition) is 2. The molecule has 0 amide bonds. The Bertz CT molecular complexity index is 603. The van der Waals surface area contributed by atoms with Gasteiger partial charge in [-0.2, -0.15) is 5.10 Å². The van der Waals surface area contributed by atoms with Gasteiger partial charge in [0.25, 0.3) is 0 Å². The molecule has 106 valence electrons. The van der Waals surface area contributed by atoms with Crippen molar-refractivity contribution >= 4 is 0 Å². The molecule has 2 atom stereocenters. The van der Waals surface area contributed by atoms with Crippen LogP contribution in [0.4, 0.5) is 0 Å². The van der Waals surface area contributed by atoms with E-state index in [1.54, 1.807) is 6.20 Å². The minimum atomic E-state index is -0.417. The van der Waals surface area contributed by atoms with Gasteiger partial charge in [-0.25, -0.2) is 0 Å². The van der Waals surface area contributed by atoms with Gasteiger partial charge in [0.15, 0.2) is 0 Å². The van der Waals surface area contributed by atoms with Gasteiger partial charge in [-0.1, -0.05) is 24.3 Å². The predicted octanol–water partition coefficient (Wildman–Crippen LogP) is 3.27. The molecule has 2 aromatic rings. The van der Waals surface area contributed by atoms with Crippen molar-refractivity contribution in [2.24, 2.45) is 7.05 Å². The zero-order valence-corrected chi connectivity index (χ0v) is 12.2. The van der Waals surface area contributed by atoms with Crippen LogP contribution in [0.1, 0.15) is 53.7 Å². The number of hydrogen-bond donors (Lipinski definition) is 1. The highest BCUT2D eigenvalue weighted by Gasteiger charge is 2.24. The number of rotatable bonds is 3. The molecule has 0 radical (unpaired) electrons. The van der Waals surface area contributed by atoms with E-state index in [4.69, 9.17) is 0 Å². The number of aromatic nitrogens is 2. The molecule has 0 aliphatic heterocycles. The summed E-state index contributed by atoms with van der Waals surface area (Å²) in [5, 5.41) is 14.8. The van der Waals surface area contributed by atoms with Gasteiger partial charge in [-0.15, -0.1) is 0 Å². The van der Waals surface area contributed by atoms with Crippen LogP contribution in [-0.4, -0.2) is 14.9 Å². The Morgan fingerprint density at radius 2 is 2.20 bits per heavy atom. The highest BCUT2D eigenvalue weighted by Crippen LogP contribution is 2.38. The lowest BCUT2D eigenvalue weighted by Gasteiger charge is -2.27. The van der Waals surface area contributed by atoms with E-state index in [2.05, 4.69) is 29.4 Å². The van der Waals surface area contributed by atoms with Crippen molar-refractivity contribution in [1.82, 2.24) is 9.78 Å². The summed E-state index contributed by atoms with van der Waals surface area (Å²) in [5.74, 6) is 0.467. The molecule has 0 spiro atoms. The highest BCUT2D eigenvalue weighted by atomic mass is 16.3. The van der Waals surface area contributed by atoms with Crippen molar-refractivity contribution in [2.45, 2.75) is 44.6 Å². The van der Waals surface area contributed by atoms with Crippen molar-refractivity contribution in [3.8, 4) is 0 Å². The van der Waals surface area contributed by atoms with E-state index in [-0.39, 0.29) is 0 Å². The summed E-state index contributed by atoms with van der Waals surface area (Å²) < 4.78 is 1.83. The molecule has 0 fully saturated rings. The van der Waals surface area contributed by atoms with Gasteiger partial charge in [0.2, 0.25) is 0 Å². The summed E-state index contributed by atoms with van der Waals surface area (Å²) in [6.45, 7) is 2.01. The van der Waals surface area contributed by atoms with Crippen LogP contribution < -0.4 is 0 Å². The van der Waals surface area contributed by atoms with Crippen LogP contribution in [0.25, 0.3) is 0 Å². The molecule has 3 heteroatoms. The Morgan fingerprint density at radius 3 is 2.95 bits per heavy atom. The summed E-state index contributed by atoms with van der Waals surface area (Å²) >= 11 is 0. The number of aliphatic hydroxyl groups excluding tert-OH is 1. The molecule has 1 aromatic heterocycles. The molecule has 1 aliphatic rings. The zero-order chi connectivity index (χ0) is 14.1. The second-order valence-electron chi connectivity index (χ2n) is 5.85. The average molecular weight is 270 g/mol. The predicted molar refractivity (Wildman–Crippen MR) is 79.6 cm³/mol. The van der Waals surface area contributed by atoms with E-state index < -0.39 is 6.10 Å². The summed E-state index contributed by atoms with van der Waals surface area (Å²) in [5.41, 5.74) is 4.91. The van der Waals surface area contributed by atoms with Gasteiger partial charge in [-0.3, -0.25) is 4.68 Å². The van der Waals surface area contributed by atoms with E-state index >= 15 is 0 Å². The molecule has 3 nitrogen and oxygen atoms in total. The minimum Gasteiger partial charge on any atom is -0.388 e. The first-order valence-electron chi connectivity index (χ1n) is 7.41. The lowest BCUT2D eigenvalue weighted by atomic mass is 9.79. The van der Waals surface area contributed by atoms with E-state index in [1.807, 2.05) is 18.7 Å². The van der Waals surface area contributed by atoms with Crippen LogP contribution in [0.5, 0.6) is 0 Å². The van der Waals surface area contributed by atoms with Gasteiger partial charge in [0, 0.05) is 18.3 Å². The molecule has 1 aromatic carbocycles. The van der Waals surface area contributed by atoms with Crippen LogP contribution >= 0.6 is 0 Å². The maximum atomic E-state index is 10.5. The molecular weight excluding hydrogens is 248 g/mol. The summed E-state index contributed by atoms with van der Waals surface area (Å²) in [4.78, 5) is 0. The third kappa shape index (κ3) is 2.38. The topological polar surface area (TPSA) is 38.1 Å². The van der Waals surface area contributed by atoms with Crippen molar-refractivity contribution in [3.05, 3.63) is 52.8 Å². The van der Waals surface area contributed by atoms with Gasteiger partial charge >= 0.3 is 0 Å². The number of fused-ring (bicyclic) bond motifs is 1. The zero-order valence-electron chi connectivity index (χ0n) is 12.2. The minimum absolute atomic E-state index is 0.417. The Labute approximate surface area is 120 Å². The van der Waals surface area contributed by atoms with E-state index in [0.717, 1.165) is 17.7 Å². The van der Waals surface area contributed by atoms with Crippen LogP contribution in [0.15, 0.2) is 30.5 Å². The molecule has 1 aliphatic carbocycles. The lowest BCUT2D eigenvalue weighted by molar-refractivity contribution is 0.153. The van der Waals surface area contributed by atoms with Gasteiger partial charge < -0.3 is 5.11 Å². The fourth-order valence-corrected chi connectivity index (χ4v) is 3.34. The second-order valence-corrected chi connectivity index (χ2v) is 5.85. The van der Waals surface area contributed by atoms with Crippen molar-refractivity contribution in [1.29, 1.82) is 0 Å². The summed E-state index contributed by atoms with van der Waals surface area (Å²) in [6, 6.07) is 8.67. The van der Waals surface area contributed by atoms with Crippen LogP contribution in [0, 0.1) is 6.92 Å². The van der Waals surface area contributed by atoms with Crippen molar-refractivity contribution in [3.63, 3.8) is 0 Å². The molecule has 1 heterocycles. The Hall–Kier alpha value is -1.61. The average Bonchev–Trinajstić information content (AvgIpc) is 2.79. The third-order valence-corrected chi connectivity index (χ3v) is 4.63. The molecule has 3 rings (SSSR count). The molecule has 0 saturated heterocycles. The van der Waals surface area contributed by atoms with Crippen LogP contribution in [0.2, 0.25) is 0 Å². The quantitative estimate of drug-likeness (QED) is 0.929. The van der Waals surface area contributed by atoms with E-state index in [1.165, 1.54) is 30.4 Å². The first-order valence-corrected chi connectivity index (χ1v) is 7.41. The van der Waals surface area contributed by atoms with E-state index in [0.29, 0.717) is 5.92 Å². The molecule has 0 bridgehead atoms. The number of benzene rings is 1. The smallest absolute Gasteiger partial charge is 0.0829 e. The molecule has 20 heavy (non-hydrogen) atoms. The lowest BCUT2D eigenvalue weighted by Crippen LogP contribution is -2.13. The summed E-state index contributed by atoms with van der Waals surface area (Å²) in [7, 11) is 1.92. The molecular formula is C17H22N2O. The maximum absolute atomic E-state index is 10.5. The Balaban J connectivity index is 1.80. The third-order valence-electron chi connectivity index (χ3n) is 4.63. The van der Waals surface area contributed by atoms with Crippen LogP contribution in [-0.2, 0) is 13.5 Å². The van der Waals surface area contributed by atoms with E-state index in [9.17, 15) is 5.11 Å². The standard InChI is InChI=1S/C17H22N2O/c1-12-16(11-18-19(12)2)17(20)10-14-8-5-7-13-6-3-4-9-15(13)14/h3-4,6,9,11,14,17,20H,5,7-8,10H2,1-2H3. The van der Waals surface area contributed by atoms with Crippen molar-refractivity contribution in [2.75, 3.05) is 0 Å². The SMILES string of the molecule is Cc1c(C(O)CC2CCCc3ccccc32)cnn1C. The fourth-order valence-electron chi connectivity index (χ4n) is 3.34. The monoisotopic (exact) mass is 270 g/mol. The molecule has 2 unspecified atom stereocenters. The fraction of sp³-hybridized carbons (Fsp3) is 0.471. The normalized spacial score (nSPS) is 19.6. The largest absolute Gasteiger partial charge is 0.388 e. The number of nitrogens with zero attached hydrogens (tertiary/aromatic N) is 2. The van der Waals surface area contributed by atoms with Gasteiger partial charge in [-0.05, 0) is 49.7 Å². The molecule has 0 saturated carbocycles. The maximum Gasteiger partial charge on any atom is 0.0829 e. The first kappa shape index (κ1) is 13.4. The first-order chi connectivity index (χ1) is 9.66. The number of aryl methyl sites for hydroxylation is 2. The highest BCUT2D eigenvalue weighted by molar-refractivity contribution is 5.33. The van der Waals surface area contributed by atoms with Crippen molar-refractivity contribution < 1.29 is 5.11 Å². The Kier molecular flexibility index (Phi) is 3.62. The second kappa shape index (κ2) is 5.41. The van der Waals surface area contributed by atoms with Gasteiger partial charge in [0.05, 0.1) is 12.3 Å².